The fraction of sp³-hybridized carbons (Fsp3) is 0.455. The third-order valence-electron chi connectivity index (χ3n) is 2.29. The third-order valence-corrected chi connectivity index (χ3v) is 3.00. The largest absolute Gasteiger partial charge is 0.493 e. The van der Waals surface area contributed by atoms with Crippen LogP contribution in [0.4, 0.5) is 4.39 Å². The quantitative estimate of drug-likeness (QED) is 0.907. The van der Waals surface area contributed by atoms with E-state index in [4.69, 9.17) is 15.2 Å². The maximum absolute atomic E-state index is 14.0. The molecule has 0 bridgehead atoms. The lowest BCUT2D eigenvalue weighted by molar-refractivity contribution is 0.335. The molecule has 16 heavy (non-hydrogen) atoms. The van der Waals surface area contributed by atoms with Crippen molar-refractivity contribution in [1.29, 1.82) is 0 Å². The number of nitrogens with two attached hydrogens (primary N) is 1. The number of hydrogen-bond donors (Lipinski definition) is 1. The highest BCUT2D eigenvalue weighted by Crippen LogP contribution is 2.37. The Morgan fingerprint density at radius 1 is 1.38 bits per heavy atom. The van der Waals surface area contributed by atoms with Gasteiger partial charge in [0.25, 0.3) is 0 Å². The molecule has 0 amide bonds. The van der Waals surface area contributed by atoms with Crippen LogP contribution >= 0.6 is 15.9 Å². The van der Waals surface area contributed by atoms with Crippen molar-refractivity contribution in [3.63, 3.8) is 0 Å². The monoisotopic (exact) mass is 291 g/mol. The summed E-state index contributed by atoms with van der Waals surface area (Å²) in [4.78, 5) is 0. The average Bonchev–Trinajstić information content (AvgIpc) is 2.28. The SMILES string of the molecule is COc1cc(Br)c(CCCN)c(F)c1OC. The van der Waals surface area contributed by atoms with Crippen molar-refractivity contribution in [2.45, 2.75) is 12.8 Å². The first-order valence-electron chi connectivity index (χ1n) is 4.94. The van der Waals surface area contributed by atoms with Crippen LogP contribution in [0.25, 0.3) is 0 Å². The smallest absolute Gasteiger partial charge is 0.197 e. The van der Waals surface area contributed by atoms with Gasteiger partial charge in [-0.25, -0.2) is 4.39 Å². The summed E-state index contributed by atoms with van der Waals surface area (Å²) in [6.07, 6.45) is 1.30. The molecule has 5 heteroatoms. The molecule has 0 fully saturated rings. The van der Waals surface area contributed by atoms with Crippen molar-refractivity contribution < 1.29 is 13.9 Å². The highest BCUT2D eigenvalue weighted by atomic mass is 79.9. The molecule has 1 rings (SSSR count). The van der Waals surface area contributed by atoms with Gasteiger partial charge in [0.1, 0.15) is 0 Å². The Balaban J connectivity index is 3.18. The zero-order chi connectivity index (χ0) is 12.1. The van der Waals surface area contributed by atoms with E-state index in [2.05, 4.69) is 15.9 Å². The number of methoxy groups -OCH3 is 2. The first-order chi connectivity index (χ1) is 7.65. The van der Waals surface area contributed by atoms with Crippen LogP contribution < -0.4 is 15.2 Å². The van der Waals surface area contributed by atoms with E-state index in [1.165, 1.54) is 14.2 Å². The van der Waals surface area contributed by atoms with Gasteiger partial charge >= 0.3 is 0 Å². The molecule has 0 aliphatic heterocycles. The predicted molar refractivity (Wildman–Crippen MR) is 64.6 cm³/mol. The summed E-state index contributed by atoms with van der Waals surface area (Å²) < 4.78 is 24.7. The topological polar surface area (TPSA) is 44.5 Å². The number of halogens is 2. The highest BCUT2D eigenvalue weighted by molar-refractivity contribution is 9.10. The van der Waals surface area contributed by atoms with Gasteiger partial charge < -0.3 is 15.2 Å². The second kappa shape index (κ2) is 6.06. The Bertz CT molecular complexity index is 371. The molecule has 2 N–H and O–H groups in total. The lowest BCUT2D eigenvalue weighted by atomic mass is 10.1. The van der Waals surface area contributed by atoms with Gasteiger partial charge in [0.15, 0.2) is 17.3 Å². The molecule has 0 aromatic heterocycles. The second-order valence-electron chi connectivity index (χ2n) is 3.28. The van der Waals surface area contributed by atoms with Crippen LogP contribution in [-0.4, -0.2) is 20.8 Å². The Morgan fingerprint density at radius 3 is 2.56 bits per heavy atom. The molecule has 1 aromatic rings. The molecule has 90 valence electrons. The molecule has 0 aliphatic carbocycles. The normalized spacial score (nSPS) is 10.3. The van der Waals surface area contributed by atoms with Crippen LogP contribution in [0.5, 0.6) is 11.5 Å². The van der Waals surface area contributed by atoms with Crippen molar-refractivity contribution in [3.05, 3.63) is 21.9 Å². The van der Waals surface area contributed by atoms with Gasteiger partial charge in [-0.05, 0) is 25.5 Å². The van der Waals surface area contributed by atoms with Crippen molar-refractivity contribution in [2.24, 2.45) is 5.73 Å². The van der Waals surface area contributed by atoms with Gasteiger partial charge in [-0.3, -0.25) is 0 Å². The lowest BCUT2D eigenvalue weighted by Crippen LogP contribution is -2.04. The van der Waals surface area contributed by atoms with Gasteiger partial charge in [0.2, 0.25) is 0 Å². The molecule has 0 saturated heterocycles. The Morgan fingerprint density at radius 2 is 2.06 bits per heavy atom. The van der Waals surface area contributed by atoms with Crippen LogP contribution in [0.2, 0.25) is 0 Å². The van der Waals surface area contributed by atoms with Gasteiger partial charge in [-0.1, -0.05) is 15.9 Å². The molecule has 1 aromatic carbocycles. The third kappa shape index (κ3) is 2.65. The lowest BCUT2D eigenvalue weighted by Gasteiger charge is -2.13. The molecule has 0 heterocycles. The van der Waals surface area contributed by atoms with E-state index in [0.29, 0.717) is 28.8 Å². The zero-order valence-corrected chi connectivity index (χ0v) is 10.9. The van der Waals surface area contributed by atoms with Gasteiger partial charge in [-0.2, -0.15) is 0 Å². The van der Waals surface area contributed by atoms with Gasteiger partial charge in [-0.15, -0.1) is 0 Å². The maximum Gasteiger partial charge on any atom is 0.197 e. The van der Waals surface area contributed by atoms with Crippen molar-refractivity contribution in [2.75, 3.05) is 20.8 Å². The summed E-state index contributed by atoms with van der Waals surface area (Å²) in [5.74, 6) is 0.128. The van der Waals surface area contributed by atoms with Crippen LogP contribution in [-0.2, 0) is 6.42 Å². The van der Waals surface area contributed by atoms with Crippen molar-refractivity contribution >= 4 is 15.9 Å². The molecular formula is C11H15BrFNO2. The molecule has 0 unspecified atom stereocenters. The van der Waals surface area contributed by atoms with Crippen LogP contribution in [0.3, 0.4) is 0 Å². The van der Waals surface area contributed by atoms with E-state index < -0.39 is 0 Å². The maximum atomic E-state index is 14.0. The summed E-state index contributed by atoms with van der Waals surface area (Å²) in [6.45, 7) is 0.528. The predicted octanol–water partition coefficient (Wildman–Crippen LogP) is 2.50. The Labute approximate surface area is 103 Å². The molecule has 0 spiro atoms. The zero-order valence-electron chi connectivity index (χ0n) is 9.35. The number of ether oxygens (including phenoxy) is 2. The summed E-state index contributed by atoms with van der Waals surface area (Å²) in [5.41, 5.74) is 5.98. The minimum atomic E-state index is -0.387. The minimum absolute atomic E-state index is 0.137. The van der Waals surface area contributed by atoms with Crippen LogP contribution in [0.15, 0.2) is 10.5 Å². The van der Waals surface area contributed by atoms with E-state index in [-0.39, 0.29) is 11.6 Å². The van der Waals surface area contributed by atoms with Gasteiger partial charge in [0, 0.05) is 10.0 Å². The van der Waals surface area contributed by atoms with E-state index in [1.54, 1.807) is 6.07 Å². The van der Waals surface area contributed by atoms with Gasteiger partial charge in [0.05, 0.1) is 14.2 Å². The van der Waals surface area contributed by atoms with E-state index in [0.717, 1.165) is 6.42 Å². The Hall–Kier alpha value is -0.810. The molecular weight excluding hydrogens is 277 g/mol. The minimum Gasteiger partial charge on any atom is -0.493 e. The number of rotatable bonds is 5. The van der Waals surface area contributed by atoms with Crippen molar-refractivity contribution in [1.82, 2.24) is 0 Å². The average molecular weight is 292 g/mol. The summed E-state index contributed by atoms with van der Waals surface area (Å²) in [7, 11) is 2.89. The second-order valence-corrected chi connectivity index (χ2v) is 4.13. The van der Waals surface area contributed by atoms with E-state index in [1.807, 2.05) is 0 Å². The molecule has 0 saturated carbocycles. The Kier molecular flexibility index (Phi) is 5.02. The molecule has 0 atom stereocenters. The van der Waals surface area contributed by atoms with Crippen molar-refractivity contribution in [3.8, 4) is 11.5 Å². The molecule has 3 nitrogen and oxygen atoms in total. The first kappa shape index (κ1) is 13.3. The fourth-order valence-corrected chi connectivity index (χ4v) is 2.05. The first-order valence-corrected chi connectivity index (χ1v) is 5.73. The molecule has 0 radical (unpaired) electrons. The standard InChI is InChI=1S/C11H15BrFNO2/c1-15-9-6-8(12)7(4-3-5-14)10(13)11(9)16-2/h6H,3-5,14H2,1-2H3. The number of benzene rings is 1. The summed E-state index contributed by atoms with van der Waals surface area (Å²) >= 11 is 3.32. The fourth-order valence-electron chi connectivity index (χ4n) is 1.47. The molecule has 0 aliphatic rings. The van der Waals surface area contributed by atoms with E-state index in [9.17, 15) is 4.39 Å². The summed E-state index contributed by atoms with van der Waals surface area (Å²) in [6, 6.07) is 1.70. The summed E-state index contributed by atoms with van der Waals surface area (Å²) in [5, 5.41) is 0. The highest BCUT2D eigenvalue weighted by Gasteiger charge is 2.18. The van der Waals surface area contributed by atoms with Crippen LogP contribution in [0.1, 0.15) is 12.0 Å². The van der Waals surface area contributed by atoms with Crippen LogP contribution in [0, 0.1) is 5.82 Å². The number of hydrogen-bond acceptors (Lipinski definition) is 3. The van der Waals surface area contributed by atoms with E-state index >= 15 is 0 Å².